The molecule has 2 aromatic rings. The molecule has 0 bridgehead atoms. The van der Waals surface area contributed by atoms with Gasteiger partial charge in [-0.15, -0.1) is 0 Å². The quantitative estimate of drug-likeness (QED) is 0.913. The summed E-state index contributed by atoms with van der Waals surface area (Å²) in [5.74, 6) is 2.65. The van der Waals surface area contributed by atoms with Crippen molar-refractivity contribution in [3.63, 3.8) is 0 Å². The molecule has 0 unspecified atom stereocenters. The number of hydrogen-bond donors (Lipinski definition) is 1. The summed E-state index contributed by atoms with van der Waals surface area (Å²) in [6.45, 7) is 2.01. The highest BCUT2D eigenvalue weighted by Crippen LogP contribution is 2.38. The number of nitrogens with zero attached hydrogens (tertiary/aromatic N) is 2. The molecule has 6 nitrogen and oxygen atoms in total. The number of nitrogens with one attached hydrogen (secondary N) is 1. The van der Waals surface area contributed by atoms with E-state index in [9.17, 15) is 0 Å². The van der Waals surface area contributed by atoms with Crippen LogP contribution in [0.15, 0.2) is 24.4 Å². The average Bonchev–Trinajstić information content (AvgIpc) is 2.54. The van der Waals surface area contributed by atoms with Gasteiger partial charge in [-0.3, -0.25) is 0 Å². The zero-order valence-corrected chi connectivity index (χ0v) is 12.9. The van der Waals surface area contributed by atoms with Gasteiger partial charge in [-0.2, -0.15) is 0 Å². The van der Waals surface area contributed by atoms with E-state index in [-0.39, 0.29) is 0 Å². The largest absolute Gasteiger partial charge is 0.486 e. The monoisotopic (exact) mass is 321 g/mol. The first kappa shape index (κ1) is 14.9. The second-order valence-electron chi connectivity index (χ2n) is 4.75. The zero-order valence-electron chi connectivity index (χ0n) is 12.1. The van der Waals surface area contributed by atoms with Crippen LogP contribution in [0.25, 0.3) is 0 Å². The van der Waals surface area contributed by atoms with Gasteiger partial charge in [0.2, 0.25) is 0 Å². The lowest BCUT2D eigenvalue weighted by Gasteiger charge is -2.20. The highest BCUT2D eigenvalue weighted by molar-refractivity contribution is 6.32. The third-order valence-corrected chi connectivity index (χ3v) is 3.39. The van der Waals surface area contributed by atoms with Crippen LogP contribution in [0.3, 0.4) is 0 Å². The highest BCUT2D eigenvalue weighted by Gasteiger charge is 2.16. The van der Waals surface area contributed by atoms with Crippen LogP contribution >= 0.6 is 11.6 Å². The fraction of sp³-hybridized carbons (Fsp3) is 0.333. The van der Waals surface area contributed by atoms with Crippen LogP contribution in [0, 0.1) is 0 Å². The number of anilines is 1. The molecule has 1 aliphatic rings. The molecule has 0 saturated heterocycles. The molecule has 7 heteroatoms. The van der Waals surface area contributed by atoms with Gasteiger partial charge in [0.1, 0.15) is 25.6 Å². The Morgan fingerprint density at radius 1 is 1.32 bits per heavy atom. The fourth-order valence-corrected chi connectivity index (χ4v) is 2.44. The van der Waals surface area contributed by atoms with E-state index >= 15 is 0 Å². The molecule has 0 atom stereocenters. The van der Waals surface area contributed by atoms with Gasteiger partial charge in [-0.1, -0.05) is 11.6 Å². The van der Waals surface area contributed by atoms with Gasteiger partial charge in [0.05, 0.1) is 5.02 Å². The van der Waals surface area contributed by atoms with E-state index < -0.39 is 0 Å². The third-order valence-electron chi connectivity index (χ3n) is 3.11. The van der Waals surface area contributed by atoms with Crippen LogP contribution in [0.1, 0.15) is 11.4 Å². The molecule has 116 valence electrons. The Kier molecular flexibility index (Phi) is 4.60. The maximum atomic E-state index is 6.22. The number of aromatic nitrogens is 2. The van der Waals surface area contributed by atoms with Gasteiger partial charge in [-0.05, 0) is 23.8 Å². The minimum Gasteiger partial charge on any atom is -0.486 e. The summed E-state index contributed by atoms with van der Waals surface area (Å²) in [6.07, 6.45) is 1.69. The Balaban J connectivity index is 1.71. The van der Waals surface area contributed by atoms with Gasteiger partial charge >= 0.3 is 0 Å². The Labute approximate surface area is 133 Å². The van der Waals surface area contributed by atoms with E-state index in [0.29, 0.717) is 48.7 Å². The van der Waals surface area contributed by atoms with E-state index in [2.05, 4.69) is 15.3 Å². The first-order valence-corrected chi connectivity index (χ1v) is 7.27. The van der Waals surface area contributed by atoms with Crippen LogP contribution in [0.5, 0.6) is 11.5 Å². The summed E-state index contributed by atoms with van der Waals surface area (Å²) >= 11 is 6.22. The van der Waals surface area contributed by atoms with E-state index in [0.717, 1.165) is 11.4 Å². The Morgan fingerprint density at radius 2 is 2.18 bits per heavy atom. The molecule has 2 heterocycles. The lowest BCUT2D eigenvalue weighted by Crippen LogP contribution is -2.16. The minimum atomic E-state index is 0.380. The van der Waals surface area contributed by atoms with Gasteiger partial charge in [0.25, 0.3) is 0 Å². The van der Waals surface area contributed by atoms with Gasteiger partial charge in [0.15, 0.2) is 17.3 Å². The molecule has 0 radical (unpaired) electrons. The number of halogens is 1. The van der Waals surface area contributed by atoms with E-state index in [1.54, 1.807) is 19.4 Å². The molecule has 0 aliphatic carbocycles. The van der Waals surface area contributed by atoms with Crippen molar-refractivity contribution in [3.05, 3.63) is 40.8 Å². The lowest BCUT2D eigenvalue weighted by molar-refractivity contribution is 0.171. The summed E-state index contributed by atoms with van der Waals surface area (Å²) in [5.41, 5.74) is 0.987. The van der Waals surface area contributed by atoms with Crippen molar-refractivity contribution < 1.29 is 14.2 Å². The normalized spacial score (nSPS) is 13.0. The molecule has 3 rings (SSSR count). The Bertz CT molecular complexity index is 666. The summed E-state index contributed by atoms with van der Waals surface area (Å²) in [7, 11) is 1.61. The van der Waals surface area contributed by atoms with Crippen LogP contribution < -0.4 is 14.8 Å². The first-order valence-electron chi connectivity index (χ1n) is 6.89. The SMILES string of the molecule is COCc1nccc(NCc2cc(Cl)c3c(c2)OCCO3)n1. The maximum Gasteiger partial charge on any atom is 0.179 e. The topological polar surface area (TPSA) is 65.5 Å². The van der Waals surface area contributed by atoms with Crippen molar-refractivity contribution in [2.75, 3.05) is 25.6 Å². The number of benzene rings is 1. The molecule has 22 heavy (non-hydrogen) atoms. The number of rotatable bonds is 5. The van der Waals surface area contributed by atoms with Crippen LogP contribution in [-0.2, 0) is 17.9 Å². The minimum absolute atomic E-state index is 0.380. The fourth-order valence-electron chi connectivity index (χ4n) is 2.16. The van der Waals surface area contributed by atoms with E-state index in [4.69, 9.17) is 25.8 Å². The summed E-state index contributed by atoms with van der Waals surface area (Å²) in [5, 5.41) is 3.78. The van der Waals surface area contributed by atoms with Crippen molar-refractivity contribution in [1.29, 1.82) is 0 Å². The smallest absolute Gasteiger partial charge is 0.179 e. The molecule has 1 aromatic carbocycles. The number of fused-ring (bicyclic) bond motifs is 1. The van der Waals surface area contributed by atoms with Gasteiger partial charge in [-0.25, -0.2) is 9.97 Å². The predicted molar refractivity (Wildman–Crippen MR) is 82.5 cm³/mol. The molecular weight excluding hydrogens is 306 g/mol. The standard InChI is InChI=1S/C15H16ClN3O3/c1-20-9-14-17-3-2-13(19-14)18-8-10-6-11(16)15-12(7-10)21-4-5-22-15/h2-3,6-7H,4-5,8-9H2,1H3,(H,17,18,19). The lowest BCUT2D eigenvalue weighted by atomic mass is 10.2. The molecule has 0 amide bonds. The maximum absolute atomic E-state index is 6.22. The molecular formula is C15H16ClN3O3. The average molecular weight is 322 g/mol. The number of methoxy groups -OCH3 is 1. The Hall–Kier alpha value is -2.05. The van der Waals surface area contributed by atoms with Crippen LogP contribution in [-0.4, -0.2) is 30.3 Å². The second-order valence-corrected chi connectivity index (χ2v) is 5.15. The second kappa shape index (κ2) is 6.81. The van der Waals surface area contributed by atoms with E-state index in [1.807, 2.05) is 12.1 Å². The number of ether oxygens (including phenoxy) is 3. The third kappa shape index (κ3) is 3.40. The van der Waals surface area contributed by atoms with Crippen molar-refractivity contribution >= 4 is 17.4 Å². The summed E-state index contributed by atoms with van der Waals surface area (Å²) < 4.78 is 16.1. The molecule has 0 fully saturated rings. The molecule has 1 aliphatic heterocycles. The predicted octanol–water partition coefficient (Wildman–Crippen LogP) is 2.66. The summed E-state index contributed by atoms with van der Waals surface area (Å²) in [4.78, 5) is 8.47. The van der Waals surface area contributed by atoms with Crippen molar-refractivity contribution in [3.8, 4) is 11.5 Å². The Morgan fingerprint density at radius 3 is 3.05 bits per heavy atom. The van der Waals surface area contributed by atoms with Crippen molar-refractivity contribution in [1.82, 2.24) is 9.97 Å². The number of hydrogen-bond acceptors (Lipinski definition) is 6. The van der Waals surface area contributed by atoms with Crippen molar-refractivity contribution in [2.24, 2.45) is 0 Å². The molecule has 0 saturated carbocycles. The van der Waals surface area contributed by atoms with Gasteiger partial charge < -0.3 is 19.5 Å². The van der Waals surface area contributed by atoms with Crippen molar-refractivity contribution in [2.45, 2.75) is 13.2 Å². The van der Waals surface area contributed by atoms with Crippen LogP contribution in [0.4, 0.5) is 5.82 Å². The van der Waals surface area contributed by atoms with Crippen LogP contribution in [0.2, 0.25) is 5.02 Å². The van der Waals surface area contributed by atoms with Gasteiger partial charge in [0, 0.05) is 19.9 Å². The molecule has 0 spiro atoms. The molecule has 1 aromatic heterocycles. The molecule has 1 N–H and O–H groups in total. The first-order chi connectivity index (χ1) is 10.8. The zero-order chi connectivity index (χ0) is 15.4. The van der Waals surface area contributed by atoms with E-state index in [1.165, 1.54) is 0 Å². The highest BCUT2D eigenvalue weighted by atomic mass is 35.5. The summed E-state index contributed by atoms with van der Waals surface area (Å²) in [6, 6.07) is 5.59.